The highest BCUT2D eigenvalue weighted by Gasteiger charge is 2.43. The molecule has 17 nitrogen and oxygen atoms in total. The van der Waals surface area contributed by atoms with E-state index in [1.165, 1.54) is 0 Å². The van der Waals surface area contributed by atoms with E-state index in [2.05, 4.69) is 40.3 Å². The maximum absolute atomic E-state index is 13.5. The van der Waals surface area contributed by atoms with Gasteiger partial charge in [0, 0.05) is 46.1 Å². The minimum absolute atomic E-state index is 0. The maximum Gasteiger partial charge on any atom is 0.329 e. The summed E-state index contributed by atoms with van der Waals surface area (Å²) in [7, 11) is 8.03. The van der Waals surface area contributed by atoms with Crippen molar-refractivity contribution in [1.29, 1.82) is 0 Å². The predicted molar refractivity (Wildman–Crippen MR) is 341 cm³/mol. The number of carboxylic acid groups (broad SMARTS) is 2. The Bertz CT molecular complexity index is 3240. The molecule has 2 fully saturated rings. The molecule has 3 heterocycles. The van der Waals surface area contributed by atoms with Crippen molar-refractivity contribution in [2.75, 3.05) is 61.1 Å². The number of amides is 2. The van der Waals surface area contributed by atoms with Crippen LogP contribution in [-0.2, 0) is 22.4 Å². The first kappa shape index (κ1) is 69.6. The minimum Gasteiger partial charge on any atom is -0.494 e. The second kappa shape index (κ2) is 32.5. The van der Waals surface area contributed by atoms with Crippen molar-refractivity contribution in [3.8, 4) is 56.6 Å². The first-order valence-electron chi connectivity index (χ1n) is 28.6. The van der Waals surface area contributed by atoms with Gasteiger partial charge in [0.05, 0.1) is 52.6 Å². The summed E-state index contributed by atoms with van der Waals surface area (Å²) in [5.41, 5.74) is 4.05. The highest BCUT2D eigenvalue weighted by molar-refractivity contribution is 6.34. The Morgan fingerprint density at radius 3 is 1.53 bits per heavy atom. The summed E-state index contributed by atoms with van der Waals surface area (Å²) in [5.74, 6) is -1.42. The SMILES string of the molecule is CCOc1ccc(Cl)c(-c2ccc(C(=O)NC3(C(=O)O)CCCCC3)nc2-c2ccc(Cl)c(OCCCN(C)C)c2)c1.CCc1cc(CC)n(-c2ccc(C(=O)NC3(C(=O)O)CCCCC3)nc2-c2ccc(Cl)c(OCCCN(C)C)c2)n1.Cl.Cl. The number of rotatable bonds is 24. The third-order valence-corrected chi connectivity index (χ3v) is 15.9. The van der Waals surface area contributed by atoms with E-state index in [1.54, 1.807) is 48.5 Å². The third-order valence-electron chi connectivity index (χ3n) is 14.9. The van der Waals surface area contributed by atoms with Crippen LogP contribution < -0.4 is 24.8 Å². The van der Waals surface area contributed by atoms with Gasteiger partial charge in [-0.25, -0.2) is 24.2 Å². The molecule has 8 rings (SSSR count). The Morgan fingerprint density at radius 1 is 0.576 bits per heavy atom. The molecule has 460 valence electrons. The van der Waals surface area contributed by atoms with Gasteiger partial charge in [-0.3, -0.25) is 9.59 Å². The third kappa shape index (κ3) is 18.0. The quantitative estimate of drug-likeness (QED) is 0.0416. The first-order valence-corrected chi connectivity index (χ1v) is 29.7. The molecule has 4 N–H and O–H groups in total. The number of hydrogen-bond donors (Lipinski definition) is 4. The lowest BCUT2D eigenvalue weighted by atomic mass is 9.81. The molecular formula is C63H79Cl5N8O9. The van der Waals surface area contributed by atoms with Crippen molar-refractivity contribution < 1.29 is 43.6 Å². The van der Waals surface area contributed by atoms with E-state index in [9.17, 15) is 29.4 Å². The summed E-state index contributed by atoms with van der Waals surface area (Å²) in [6.45, 7) is 9.25. The van der Waals surface area contributed by atoms with Gasteiger partial charge in [0.2, 0.25) is 0 Å². The van der Waals surface area contributed by atoms with Crippen LogP contribution in [0.1, 0.15) is 130 Å². The lowest BCUT2D eigenvalue weighted by Gasteiger charge is -2.33. The van der Waals surface area contributed by atoms with Gasteiger partial charge in [-0.05, 0) is 159 Å². The zero-order chi connectivity index (χ0) is 59.8. The largest absolute Gasteiger partial charge is 0.494 e. The Morgan fingerprint density at radius 2 is 1.06 bits per heavy atom. The molecule has 2 aliphatic rings. The van der Waals surface area contributed by atoms with Crippen molar-refractivity contribution in [3.05, 3.63) is 123 Å². The molecular weight excluding hydrogens is 1190 g/mol. The summed E-state index contributed by atoms with van der Waals surface area (Å²) in [6.07, 6.45) is 9.65. The fourth-order valence-electron chi connectivity index (χ4n) is 10.4. The molecule has 22 heteroatoms. The number of nitrogens with one attached hydrogen (secondary N) is 2. The number of pyridine rings is 2. The standard InChI is InChI=1S/C32H37Cl2N3O5.C31H40ClN5O4.2ClH/c1-4-41-22-10-13-25(33)24(20-22)23-11-14-27(30(38)36-32(31(39)40)15-6-5-7-16-32)35-29(23)21-9-12-26(34)28(19-21)42-18-8-17-37(2)3;1-5-22-20-23(6-2)37(35-22)26-14-13-25(29(38)34-31(30(39)40)15-8-7-9-16-31)33-28(26)21-11-12-24(32)27(19-21)41-18-10-17-36(3)4;;/h9-14,19-20H,4-8,15-18H2,1-3H3,(H,36,38)(H,39,40);11-14,19-20H,5-10,15-18H2,1-4H3,(H,34,38)(H,39,40);2*1H. The fourth-order valence-corrected chi connectivity index (χ4v) is 10.9. The van der Waals surface area contributed by atoms with E-state index < -0.39 is 34.8 Å². The van der Waals surface area contributed by atoms with Crippen molar-refractivity contribution in [3.63, 3.8) is 0 Å². The van der Waals surface area contributed by atoms with Crippen LogP contribution in [0, 0.1) is 0 Å². The van der Waals surface area contributed by atoms with Crippen LogP contribution in [0.5, 0.6) is 17.2 Å². The molecule has 2 amide bonds. The van der Waals surface area contributed by atoms with Crippen LogP contribution in [0.15, 0.2) is 84.9 Å². The lowest BCUT2D eigenvalue weighted by Crippen LogP contribution is -2.55. The minimum atomic E-state index is -1.31. The van der Waals surface area contributed by atoms with E-state index in [-0.39, 0.29) is 36.2 Å². The average molecular weight is 1270 g/mol. The van der Waals surface area contributed by atoms with E-state index >= 15 is 0 Å². The number of ether oxygens (including phenoxy) is 3. The molecule has 0 aliphatic heterocycles. The van der Waals surface area contributed by atoms with Gasteiger partial charge >= 0.3 is 11.9 Å². The van der Waals surface area contributed by atoms with Crippen LogP contribution in [0.2, 0.25) is 15.1 Å². The number of aromatic nitrogens is 4. The van der Waals surface area contributed by atoms with E-state index in [0.29, 0.717) is 117 Å². The Balaban J connectivity index is 0.000000304. The lowest BCUT2D eigenvalue weighted by molar-refractivity contribution is -0.146. The van der Waals surface area contributed by atoms with E-state index in [4.69, 9.17) is 64.1 Å². The van der Waals surface area contributed by atoms with Crippen molar-refractivity contribution in [2.45, 2.75) is 122 Å². The number of benzene rings is 3. The number of carboxylic acids is 2. The first-order chi connectivity index (χ1) is 39.8. The van der Waals surface area contributed by atoms with Gasteiger partial charge in [-0.15, -0.1) is 24.8 Å². The number of halogens is 5. The molecule has 6 aromatic rings. The Labute approximate surface area is 526 Å². The normalized spacial score (nSPS) is 14.2. The van der Waals surface area contributed by atoms with E-state index in [1.807, 2.05) is 70.1 Å². The van der Waals surface area contributed by atoms with Crippen LogP contribution in [0.25, 0.3) is 39.3 Å². The van der Waals surface area contributed by atoms with Crippen molar-refractivity contribution >= 4 is 83.4 Å². The van der Waals surface area contributed by atoms with Crippen LogP contribution in [0.3, 0.4) is 0 Å². The molecule has 3 aromatic carbocycles. The molecule has 0 unspecified atom stereocenters. The van der Waals surface area contributed by atoms with Crippen LogP contribution in [-0.4, -0.2) is 136 Å². The summed E-state index contributed by atoms with van der Waals surface area (Å²) in [4.78, 5) is 65.1. The number of nitrogens with zero attached hydrogens (tertiary/aromatic N) is 6. The van der Waals surface area contributed by atoms with Crippen LogP contribution in [0.4, 0.5) is 0 Å². The summed E-state index contributed by atoms with van der Waals surface area (Å²) < 4.78 is 19.6. The highest BCUT2D eigenvalue weighted by atomic mass is 35.5. The molecule has 0 radical (unpaired) electrons. The molecule has 0 atom stereocenters. The van der Waals surface area contributed by atoms with Gasteiger partial charge in [-0.1, -0.05) is 99.3 Å². The molecule has 0 spiro atoms. The molecule has 2 aliphatic carbocycles. The average Bonchev–Trinajstić information content (AvgIpc) is 4.03. The topological polar surface area (TPSA) is 211 Å². The predicted octanol–water partition coefficient (Wildman–Crippen LogP) is 13.4. The second-order valence-electron chi connectivity index (χ2n) is 21.6. The van der Waals surface area contributed by atoms with Gasteiger partial charge in [0.25, 0.3) is 11.8 Å². The monoisotopic (exact) mass is 1270 g/mol. The van der Waals surface area contributed by atoms with Gasteiger partial charge in [0.1, 0.15) is 39.7 Å². The van der Waals surface area contributed by atoms with Gasteiger partial charge < -0.3 is 44.9 Å². The van der Waals surface area contributed by atoms with Crippen molar-refractivity contribution in [2.24, 2.45) is 0 Å². The molecule has 0 saturated heterocycles. The number of carbonyl (C=O) groups excluding carboxylic acids is 2. The Kier molecular flexibility index (Phi) is 26.6. The smallest absolute Gasteiger partial charge is 0.329 e. The number of hydrogen-bond acceptors (Lipinski definition) is 12. The molecule has 0 bridgehead atoms. The highest BCUT2D eigenvalue weighted by Crippen LogP contribution is 2.41. The molecule has 85 heavy (non-hydrogen) atoms. The molecule has 2 saturated carbocycles. The van der Waals surface area contributed by atoms with Crippen molar-refractivity contribution in [1.82, 2.24) is 40.2 Å². The zero-order valence-electron chi connectivity index (χ0n) is 49.4. The Hall–Kier alpha value is -6.18. The number of aliphatic carboxylic acids is 2. The zero-order valence-corrected chi connectivity index (χ0v) is 53.3. The molecule has 3 aromatic heterocycles. The second-order valence-corrected chi connectivity index (χ2v) is 22.8. The summed E-state index contributed by atoms with van der Waals surface area (Å²) in [6, 6.07) is 25.1. The summed E-state index contributed by atoms with van der Waals surface area (Å²) >= 11 is 19.6. The van der Waals surface area contributed by atoms with E-state index in [0.717, 1.165) is 88.7 Å². The number of carbonyl (C=O) groups is 4. The summed E-state index contributed by atoms with van der Waals surface area (Å²) in [5, 5.41) is 31.8. The van der Waals surface area contributed by atoms with Gasteiger partial charge in [0.15, 0.2) is 0 Å². The maximum atomic E-state index is 13.5. The number of aryl methyl sites for hydroxylation is 2. The van der Waals surface area contributed by atoms with Crippen LogP contribution >= 0.6 is 59.6 Å². The fraction of sp³-hybridized carbons (Fsp3) is 0.444. The van der Waals surface area contributed by atoms with Gasteiger partial charge in [-0.2, -0.15) is 5.10 Å².